The highest BCUT2D eigenvalue weighted by Gasteiger charge is 2.35. The lowest BCUT2D eigenvalue weighted by Gasteiger charge is -2.33. The van der Waals surface area contributed by atoms with Gasteiger partial charge in [-0.1, -0.05) is 0 Å². The molecule has 0 saturated carbocycles. The molecule has 1 aliphatic rings. The summed E-state index contributed by atoms with van der Waals surface area (Å²) in [4.78, 5) is 25.6. The van der Waals surface area contributed by atoms with Crippen LogP contribution in [0, 0.1) is 6.92 Å². The molecule has 0 N–H and O–H groups in total. The largest absolute Gasteiger partial charge is 0.467 e. The number of methoxy groups -OCH3 is 1. The van der Waals surface area contributed by atoms with E-state index in [1.165, 1.54) is 12.0 Å². The summed E-state index contributed by atoms with van der Waals surface area (Å²) < 4.78 is 11.5. The van der Waals surface area contributed by atoms with Gasteiger partial charge in [-0.3, -0.25) is 9.48 Å². The van der Waals surface area contributed by atoms with Gasteiger partial charge in [0.25, 0.3) is 5.91 Å². The highest BCUT2D eigenvalue weighted by molar-refractivity contribution is 5.97. The third-order valence-electron chi connectivity index (χ3n) is 3.11. The fourth-order valence-electron chi connectivity index (χ4n) is 2.14. The maximum Gasteiger partial charge on any atom is 0.331 e. The van der Waals surface area contributed by atoms with Gasteiger partial charge >= 0.3 is 5.97 Å². The van der Waals surface area contributed by atoms with E-state index in [9.17, 15) is 9.59 Å². The molecular formula is C12H17N3O4. The predicted octanol–water partition coefficient (Wildman–Crippen LogP) is -0.257. The van der Waals surface area contributed by atoms with E-state index in [0.717, 1.165) is 0 Å². The Kier molecular flexibility index (Phi) is 3.84. The van der Waals surface area contributed by atoms with E-state index in [0.29, 0.717) is 24.4 Å². The number of aryl methyl sites for hydroxylation is 2. The molecule has 104 valence electrons. The summed E-state index contributed by atoms with van der Waals surface area (Å²) in [5.41, 5.74) is 1.14. The molecule has 0 aromatic carbocycles. The Labute approximate surface area is 111 Å². The Morgan fingerprint density at radius 1 is 1.53 bits per heavy atom. The lowest BCUT2D eigenvalue weighted by atomic mass is 10.1. The number of ether oxygens (including phenoxy) is 2. The zero-order valence-electron chi connectivity index (χ0n) is 11.3. The molecule has 1 aromatic heterocycles. The summed E-state index contributed by atoms with van der Waals surface area (Å²) in [5.74, 6) is -0.682. The summed E-state index contributed by atoms with van der Waals surface area (Å²) in [7, 11) is 3.05. The Hall–Kier alpha value is -1.89. The van der Waals surface area contributed by atoms with Gasteiger partial charge in [-0.05, 0) is 6.92 Å². The van der Waals surface area contributed by atoms with Crippen molar-refractivity contribution < 1.29 is 19.1 Å². The third kappa shape index (κ3) is 2.60. The first kappa shape index (κ1) is 13.5. The van der Waals surface area contributed by atoms with Crippen molar-refractivity contribution in [2.24, 2.45) is 7.05 Å². The molecule has 1 atom stereocenters. The molecule has 2 rings (SSSR count). The van der Waals surface area contributed by atoms with E-state index in [1.54, 1.807) is 24.9 Å². The van der Waals surface area contributed by atoms with Crippen LogP contribution in [0.5, 0.6) is 0 Å². The minimum Gasteiger partial charge on any atom is -0.467 e. The summed E-state index contributed by atoms with van der Waals surface area (Å²) in [6.45, 7) is 2.71. The molecule has 19 heavy (non-hydrogen) atoms. The number of carbonyl (C=O) groups excluding carboxylic acids is 2. The molecule has 0 bridgehead atoms. The number of hydrogen-bond donors (Lipinski definition) is 0. The molecular weight excluding hydrogens is 250 g/mol. The topological polar surface area (TPSA) is 73.7 Å². The number of morpholine rings is 1. The van der Waals surface area contributed by atoms with Crippen molar-refractivity contribution in [1.82, 2.24) is 14.7 Å². The SMILES string of the molecule is COC(=O)C1COCCN1C(=O)c1cn(C)nc1C. The minimum atomic E-state index is -0.689. The Morgan fingerprint density at radius 2 is 2.26 bits per heavy atom. The van der Waals surface area contributed by atoms with Gasteiger partial charge in [-0.15, -0.1) is 0 Å². The number of amides is 1. The molecule has 1 aliphatic heterocycles. The van der Waals surface area contributed by atoms with Gasteiger partial charge in [-0.2, -0.15) is 5.10 Å². The van der Waals surface area contributed by atoms with Crippen molar-refractivity contribution in [3.05, 3.63) is 17.5 Å². The van der Waals surface area contributed by atoms with E-state index in [-0.39, 0.29) is 12.5 Å². The Bertz CT molecular complexity index is 497. The van der Waals surface area contributed by atoms with Gasteiger partial charge in [0, 0.05) is 19.8 Å². The van der Waals surface area contributed by atoms with Gasteiger partial charge in [0.2, 0.25) is 0 Å². The molecule has 0 radical (unpaired) electrons. The van der Waals surface area contributed by atoms with Crippen molar-refractivity contribution in [3.8, 4) is 0 Å². The molecule has 1 aromatic rings. The first-order valence-electron chi connectivity index (χ1n) is 6.01. The van der Waals surface area contributed by atoms with Crippen LogP contribution in [-0.2, 0) is 21.3 Å². The van der Waals surface area contributed by atoms with Crippen molar-refractivity contribution in [3.63, 3.8) is 0 Å². The van der Waals surface area contributed by atoms with E-state index in [2.05, 4.69) is 5.10 Å². The quantitative estimate of drug-likeness (QED) is 0.690. The highest BCUT2D eigenvalue weighted by atomic mass is 16.5. The average Bonchev–Trinajstić information content (AvgIpc) is 2.76. The predicted molar refractivity (Wildman–Crippen MR) is 65.6 cm³/mol. The number of carbonyl (C=O) groups is 2. The smallest absolute Gasteiger partial charge is 0.331 e. The minimum absolute atomic E-state index is 0.164. The molecule has 7 heteroatoms. The van der Waals surface area contributed by atoms with Crippen molar-refractivity contribution >= 4 is 11.9 Å². The fraction of sp³-hybridized carbons (Fsp3) is 0.583. The highest BCUT2D eigenvalue weighted by Crippen LogP contribution is 2.15. The normalized spacial score (nSPS) is 19.3. The number of aromatic nitrogens is 2. The molecule has 1 amide bonds. The molecule has 0 spiro atoms. The summed E-state index contributed by atoms with van der Waals surface area (Å²) in [6, 6.07) is -0.689. The molecule has 1 saturated heterocycles. The molecule has 1 unspecified atom stereocenters. The third-order valence-corrected chi connectivity index (χ3v) is 3.11. The van der Waals surface area contributed by atoms with Crippen LogP contribution in [0.4, 0.5) is 0 Å². The molecule has 7 nitrogen and oxygen atoms in total. The first-order chi connectivity index (χ1) is 9.04. The lowest BCUT2D eigenvalue weighted by molar-refractivity contribution is -0.151. The van der Waals surface area contributed by atoms with Gasteiger partial charge in [-0.25, -0.2) is 4.79 Å². The fourth-order valence-corrected chi connectivity index (χ4v) is 2.14. The van der Waals surface area contributed by atoms with Crippen molar-refractivity contribution in [1.29, 1.82) is 0 Å². The van der Waals surface area contributed by atoms with Crippen LogP contribution < -0.4 is 0 Å². The van der Waals surface area contributed by atoms with E-state index in [4.69, 9.17) is 9.47 Å². The van der Waals surface area contributed by atoms with E-state index >= 15 is 0 Å². The Morgan fingerprint density at radius 3 is 2.84 bits per heavy atom. The monoisotopic (exact) mass is 267 g/mol. The second-order valence-electron chi connectivity index (χ2n) is 4.41. The number of nitrogens with zero attached hydrogens (tertiary/aromatic N) is 3. The lowest BCUT2D eigenvalue weighted by Crippen LogP contribution is -2.53. The summed E-state index contributed by atoms with van der Waals surface area (Å²) in [5, 5.41) is 4.14. The van der Waals surface area contributed by atoms with Crippen LogP contribution in [0.15, 0.2) is 6.20 Å². The van der Waals surface area contributed by atoms with Crippen LogP contribution in [-0.4, -0.2) is 59.5 Å². The maximum atomic E-state index is 12.5. The van der Waals surface area contributed by atoms with Gasteiger partial charge < -0.3 is 14.4 Å². The second kappa shape index (κ2) is 5.40. The zero-order chi connectivity index (χ0) is 14.0. The van der Waals surface area contributed by atoms with Crippen LogP contribution in [0.1, 0.15) is 16.1 Å². The van der Waals surface area contributed by atoms with E-state index < -0.39 is 12.0 Å². The first-order valence-corrected chi connectivity index (χ1v) is 6.01. The van der Waals surface area contributed by atoms with Crippen LogP contribution in [0.2, 0.25) is 0 Å². The van der Waals surface area contributed by atoms with Crippen molar-refractivity contribution in [2.45, 2.75) is 13.0 Å². The van der Waals surface area contributed by atoms with E-state index in [1.807, 2.05) is 0 Å². The molecule has 1 fully saturated rings. The molecule has 0 aliphatic carbocycles. The van der Waals surface area contributed by atoms with Gasteiger partial charge in [0.05, 0.1) is 31.6 Å². The summed E-state index contributed by atoms with van der Waals surface area (Å²) in [6.07, 6.45) is 1.65. The van der Waals surface area contributed by atoms with Crippen LogP contribution in [0.25, 0.3) is 0 Å². The van der Waals surface area contributed by atoms with Gasteiger partial charge in [0.1, 0.15) is 0 Å². The van der Waals surface area contributed by atoms with Crippen molar-refractivity contribution in [2.75, 3.05) is 26.9 Å². The summed E-state index contributed by atoms with van der Waals surface area (Å²) >= 11 is 0. The second-order valence-corrected chi connectivity index (χ2v) is 4.41. The number of esters is 1. The number of hydrogen-bond acceptors (Lipinski definition) is 5. The zero-order valence-corrected chi connectivity index (χ0v) is 11.3. The number of rotatable bonds is 2. The van der Waals surface area contributed by atoms with Crippen LogP contribution in [0.3, 0.4) is 0 Å². The average molecular weight is 267 g/mol. The maximum absolute atomic E-state index is 12.5. The standard InChI is InChI=1S/C12H17N3O4/c1-8-9(6-14(2)13-8)11(16)15-4-5-19-7-10(15)12(17)18-3/h6,10H,4-5,7H2,1-3H3. The van der Waals surface area contributed by atoms with Crippen LogP contribution >= 0.6 is 0 Å². The molecule has 2 heterocycles. The van der Waals surface area contributed by atoms with Gasteiger partial charge in [0.15, 0.2) is 6.04 Å². The Balaban J connectivity index is 2.25.